The molecule has 1 aromatic carbocycles. The van der Waals surface area contributed by atoms with Crippen molar-refractivity contribution in [3.8, 4) is 0 Å². The van der Waals surface area contributed by atoms with Gasteiger partial charge in [0, 0.05) is 31.9 Å². The predicted molar refractivity (Wildman–Crippen MR) is 104 cm³/mol. The molecule has 1 aromatic rings. The summed E-state index contributed by atoms with van der Waals surface area (Å²) in [6.45, 7) is 8.02. The lowest BCUT2D eigenvalue weighted by Crippen LogP contribution is -2.50. The third kappa shape index (κ3) is 6.10. The van der Waals surface area contributed by atoms with Gasteiger partial charge < -0.3 is 29.5 Å². The zero-order valence-electron chi connectivity index (χ0n) is 16.9. The van der Waals surface area contributed by atoms with Crippen molar-refractivity contribution in [3.05, 3.63) is 29.8 Å². The van der Waals surface area contributed by atoms with E-state index in [1.54, 1.807) is 17.0 Å². The van der Waals surface area contributed by atoms with Crippen molar-refractivity contribution in [1.82, 2.24) is 4.90 Å². The maximum atomic E-state index is 12.1. The maximum Gasteiger partial charge on any atom is 0.410 e. The summed E-state index contributed by atoms with van der Waals surface area (Å²) in [4.78, 5) is 27.2. The van der Waals surface area contributed by atoms with Crippen molar-refractivity contribution in [1.29, 1.82) is 0 Å². The van der Waals surface area contributed by atoms with Gasteiger partial charge in [-0.25, -0.2) is 4.79 Å². The molecular formula is C20H30N2O6. The Hall–Kier alpha value is -2.32. The summed E-state index contributed by atoms with van der Waals surface area (Å²) in [5, 5.41) is 20.1. The number of nitrogens with zero attached hydrogens (tertiary/aromatic N) is 2. The molecular weight excluding hydrogens is 364 g/mol. The third-order valence-corrected chi connectivity index (χ3v) is 4.50. The molecule has 2 atom stereocenters. The van der Waals surface area contributed by atoms with Gasteiger partial charge >= 0.3 is 12.1 Å². The van der Waals surface area contributed by atoms with E-state index < -0.39 is 23.8 Å². The first-order valence-electron chi connectivity index (χ1n) is 9.36. The zero-order chi connectivity index (χ0) is 20.9. The van der Waals surface area contributed by atoms with E-state index >= 15 is 0 Å². The van der Waals surface area contributed by atoms with E-state index in [9.17, 15) is 19.8 Å². The largest absolute Gasteiger partial charge is 0.469 e. The number of benzene rings is 1. The number of aliphatic hydroxyl groups excluding tert-OH is 2. The van der Waals surface area contributed by atoms with Gasteiger partial charge in [-0.2, -0.15) is 0 Å². The molecule has 1 saturated heterocycles. The normalized spacial score (nSPS) is 17.1. The highest BCUT2D eigenvalue weighted by molar-refractivity contribution is 5.70. The number of rotatable bonds is 5. The van der Waals surface area contributed by atoms with Crippen molar-refractivity contribution in [3.63, 3.8) is 0 Å². The van der Waals surface area contributed by atoms with Gasteiger partial charge in [0.05, 0.1) is 19.6 Å². The molecule has 8 nitrogen and oxygen atoms in total. The molecule has 0 aliphatic carbocycles. The molecule has 1 heterocycles. The fourth-order valence-corrected chi connectivity index (χ4v) is 2.94. The number of aliphatic hydroxyl groups is 2. The first-order valence-corrected chi connectivity index (χ1v) is 9.36. The molecule has 0 spiro atoms. The molecule has 0 saturated carbocycles. The third-order valence-electron chi connectivity index (χ3n) is 4.50. The van der Waals surface area contributed by atoms with Crippen molar-refractivity contribution in [2.24, 2.45) is 0 Å². The number of carbonyl (C=O) groups excluding carboxylic acids is 2. The van der Waals surface area contributed by atoms with E-state index in [4.69, 9.17) is 4.74 Å². The van der Waals surface area contributed by atoms with Gasteiger partial charge in [-0.05, 0) is 38.5 Å². The second kappa shape index (κ2) is 9.25. The van der Waals surface area contributed by atoms with E-state index in [2.05, 4.69) is 9.64 Å². The number of carbonyl (C=O) groups is 2. The molecule has 1 aliphatic heterocycles. The first-order chi connectivity index (χ1) is 13.1. The topological polar surface area (TPSA) is 99.5 Å². The zero-order valence-corrected chi connectivity index (χ0v) is 16.9. The number of anilines is 1. The van der Waals surface area contributed by atoms with Gasteiger partial charge in [0.25, 0.3) is 0 Å². The summed E-state index contributed by atoms with van der Waals surface area (Å²) >= 11 is 0. The number of esters is 1. The first kappa shape index (κ1) is 22.0. The van der Waals surface area contributed by atoms with Gasteiger partial charge in [-0.1, -0.05) is 12.1 Å². The Balaban J connectivity index is 1.91. The van der Waals surface area contributed by atoms with Gasteiger partial charge in [-0.15, -0.1) is 0 Å². The summed E-state index contributed by atoms with van der Waals surface area (Å²) in [5.74, 6) is -0.578. The predicted octanol–water partition coefficient (Wildman–Crippen LogP) is 1.70. The molecule has 2 unspecified atom stereocenters. The summed E-state index contributed by atoms with van der Waals surface area (Å²) in [6.07, 6.45) is -2.97. The van der Waals surface area contributed by atoms with Crippen LogP contribution in [0, 0.1) is 0 Å². The lowest BCUT2D eigenvalue weighted by atomic mass is 10.0. The number of piperazine rings is 1. The van der Waals surface area contributed by atoms with Gasteiger partial charge in [0.2, 0.25) is 0 Å². The Morgan fingerprint density at radius 2 is 1.64 bits per heavy atom. The summed E-state index contributed by atoms with van der Waals surface area (Å²) in [7, 11) is 1.23. The van der Waals surface area contributed by atoms with E-state index in [1.165, 1.54) is 7.11 Å². The molecule has 0 bridgehead atoms. The highest BCUT2D eigenvalue weighted by atomic mass is 16.6. The second-order valence-electron chi connectivity index (χ2n) is 7.84. The van der Waals surface area contributed by atoms with Gasteiger partial charge in [0.1, 0.15) is 11.7 Å². The minimum absolute atomic E-state index is 0.272. The number of ether oxygens (including phenoxy) is 2. The van der Waals surface area contributed by atoms with Crippen LogP contribution in [-0.2, 0) is 14.3 Å². The molecule has 1 aliphatic rings. The van der Waals surface area contributed by atoms with Crippen molar-refractivity contribution in [2.75, 3.05) is 38.2 Å². The molecule has 1 amide bonds. The standard InChI is InChI=1S/C20H30N2O6/c1-20(2,3)28-19(26)22-11-9-21(10-12-22)15-7-5-14(6-8-15)18(25)16(23)13-17(24)27-4/h5-8,16,18,23,25H,9-13H2,1-4H3. The minimum atomic E-state index is -1.23. The van der Waals surface area contributed by atoms with E-state index in [1.807, 2.05) is 32.9 Å². The number of hydrogen-bond donors (Lipinski definition) is 2. The molecule has 2 rings (SSSR count). The molecule has 0 aromatic heterocycles. The van der Waals surface area contributed by atoms with Gasteiger partial charge in [0.15, 0.2) is 0 Å². The molecule has 1 fully saturated rings. The van der Waals surface area contributed by atoms with Crippen molar-refractivity contribution in [2.45, 2.75) is 45.0 Å². The van der Waals surface area contributed by atoms with Crippen LogP contribution in [0.25, 0.3) is 0 Å². The Labute approximate surface area is 165 Å². The van der Waals surface area contributed by atoms with E-state index in [0.29, 0.717) is 31.7 Å². The summed E-state index contributed by atoms with van der Waals surface area (Å²) < 4.78 is 9.91. The lowest BCUT2D eigenvalue weighted by molar-refractivity contribution is -0.144. The molecule has 8 heteroatoms. The van der Waals surface area contributed by atoms with Crippen LogP contribution in [0.5, 0.6) is 0 Å². The highest BCUT2D eigenvalue weighted by Gasteiger charge is 2.26. The van der Waals surface area contributed by atoms with Crippen LogP contribution >= 0.6 is 0 Å². The minimum Gasteiger partial charge on any atom is -0.469 e. The van der Waals surface area contributed by atoms with Crippen molar-refractivity contribution >= 4 is 17.7 Å². The Morgan fingerprint density at radius 1 is 1.07 bits per heavy atom. The van der Waals surface area contributed by atoms with E-state index in [0.717, 1.165) is 5.69 Å². The molecule has 2 N–H and O–H groups in total. The smallest absolute Gasteiger partial charge is 0.410 e. The maximum absolute atomic E-state index is 12.1. The van der Waals surface area contributed by atoms with Crippen LogP contribution in [0.2, 0.25) is 0 Å². The summed E-state index contributed by atoms with van der Waals surface area (Å²) in [6, 6.07) is 7.15. The highest BCUT2D eigenvalue weighted by Crippen LogP contribution is 2.24. The summed E-state index contributed by atoms with van der Waals surface area (Å²) in [5.41, 5.74) is 0.971. The Bertz CT molecular complexity index is 662. The molecule has 28 heavy (non-hydrogen) atoms. The van der Waals surface area contributed by atoms with Crippen LogP contribution in [0.15, 0.2) is 24.3 Å². The monoisotopic (exact) mass is 394 g/mol. The number of amides is 1. The number of methoxy groups -OCH3 is 1. The van der Waals surface area contributed by atoms with Crippen LogP contribution in [0.4, 0.5) is 10.5 Å². The fraction of sp³-hybridized carbons (Fsp3) is 0.600. The quantitative estimate of drug-likeness (QED) is 0.733. The Morgan fingerprint density at radius 3 is 2.14 bits per heavy atom. The SMILES string of the molecule is COC(=O)CC(O)C(O)c1ccc(N2CCN(C(=O)OC(C)(C)C)CC2)cc1. The average molecular weight is 394 g/mol. The second-order valence-corrected chi connectivity index (χ2v) is 7.84. The van der Waals surface area contributed by atoms with E-state index in [-0.39, 0.29) is 12.5 Å². The Kier molecular flexibility index (Phi) is 7.26. The van der Waals surface area contributed by atoms with Crippen LogP contribution in [0.3, 0.4) is 0 Å². The lowest BCUT2D eigenvalue weighted by Gasteiger charge is -2.36. The van der Waals surface area contributed by atoms with Crippen LogP contribution in [-0.4, -0.2) is 72.2 Å². The van der Waals surface area contributed by atoms with Crippen molar-refractivity contribution < 1.29 is 29.3 Å². The molecule has 0 radical (unpaired) electrons. The number of hydrogen-bond acceptors (Lipinski definition) is 7. The fourth-order valence-electron chi connectivity index (χ4n) is 2.94. The van der Waals surface area contributed by atoms with Gasteiger partial charge in [-0.3, -0.25) is 4.79 Å². The average Bonchev–Trinajstić information content (AvgIpc) is 2.66. The van der Waals surface area contributed by atoms with Crippen LogP contribution in [0.1, 0.15) is 38.9 Å². The van der Waals surface area contributed by atoms with Crippen LogP contribution < -0.4 is 4.90 Å². The molecule has 156 valence electrons.